The standard InChI is InChI=1S/C4H13N3.Pt/c5-1-3-7-4-2-6;/h7H,1-6H2;/q;+2. The average molecular weight is 298 g/mol. The predicted molar refractivity (Wildman–Crippen MR) is 31.0 cm³/mol. The first-order valence-electron chi connectivity index (χ1n) is 2.52. The van der Waals surface area contributed by atoms with E-state index in [1.807, 2.05) is 0 Å². The summed E-state index contributed by atoms with van der Waals surface area (Å²) in [7, 11) is 0. The second kappa shape index (κ2) is 10.5. The molecule has 0 radical (unpaired) electrons. The Hall–Kier alpha value is 0.568. The molecule has 0 aliphatic heterocycles. The van der Waals surface area contributed by atoms with Crippen LogP contribution >= 0.6 is 0 Å². The molecule has 0 atom stereocenters. The maximum Gasteiger partial charge on any atom is 2.00 e. The molecule has 0 spiro atoms. The first-order chi connectivity index (χ1) is 3.41. The summed E-state index contributed by atoms with van der Waals surface area (Å²) >= 11 is 0. The molecular weight excluding hydrogens is 285 g/mol. The SMILES string of the molecule is NCCNCCN.[Pt+2]. The Balaban J connectivity index is 0. The van der Waals surface area contributed by atoms with Crippen LogP contribution in [-0.4, -0.2) is 26.2 Å². The van der Waals surface area contributed by atoms with Crippen molar-refractivity contribution in [2.45, 2.75) is 0 Å². The molecule has 0 aromatic heterocycles. The van der Waals surface area contributed by atoms with Crippen LogP contribution < -0.4 is 16.8 Å². The summed E-state index contributed by atoms with van der Waals surface area (Å²) in [6, 6.07) is 0. The van der Waals surface area contributed by atoms with E-state index in [1.165, 1.54) is 0 Å². The fraction of sp³-hybridized carbons (Fsp3) is 1.00. The monoisotopic (exact) mass is 298 g/mol. The Bertz CT molecular complexity index is 30.5. The van der Waals surface area contributed by atoms with Gasteiger partial charge in [-0.1, -0.05) is 0 Å². The third-order valence-electron chi connectivity index (χ3n) is 0.642. The van der Waals surface area contributed by atoms with Crippen molar-refractivity contribution in [2.75, 3.05) is 26.2 Å². The molecule has 3 nitrogen and oxygen atoms in total. The number of hydrogen-bond acceptors (Lipinski definition) is 3. The molecule has 0 aromatic rings. The van der Waals surface area contributed by atoms with Crippen molar-refractivity contribution in [3.05, 3.63) is 0 Å². The van der Waals surface area contributed by atoms with Gasteiger partial charge in [0.2, 0.25) is 0 Å². The van der Waals surface area contributed by atoms with Crippen LogP contribution in [0.15, 0.2) is 0 Å². The quantitative estimate of drug-likeness (QED) is 0.553. The van der Waals surface area contributed by atoms with Gasteiger partial charge in [0.05, 0.1) is 0 Å². The molecule has 0 aromatic carbocycles. The maximum atomic E-state index is 5.17. The van der Waals surface area contributed by atoms with Gasteiger partial charge in [-0.25, -0.2) is 0 Å². The van der Waals surface area contributed by atoms with E-state index in [2.05, 4.69) is 5.32 Å². The Morgan fingerprint density at radius 1 is 1.00 bits per heavy atom. The van der Waals surface area contributed by atoms with Crippen LogP contribution in [0.5, 0.6) is 0 Å². The van der Waals surface area contributed by atoms with E-state index in [9.17, 15) is 0 Å². The van der Waals surface area contributed by atoms with Gasteiger partial charge in [-0.3, -0.25) is 0 Å². The summed E-state index contributed by atoms with van der Waals surface area (Å²) in [6.45, 7) is 3.13. The molecule has 0 rings (SSSR count). The van der Waals surface area contributed by atoms with E-state index in [4.69, 9.17) is 11.5 Å². The van der Waals surface area contributed by atoms with Crippen LogP contribution in [0.4, 0.5) is 0 Å². The Kier molecular flexibility index (Phi) is 15.0. The number of nitrogens with two attached hydrogens (primary N) is 2. The van der Waals surface area contributed by atoms with Crippen LogP contribution in [0.3, 0.4) is 0 Å². The van der Waals surface area contributed by atoms with Crippen LogP contribution in [0.2, 0.25) is 0 Å². The number of hydrogen-bond donors (Lipinski definition) is 3. The molecule has 4 heteroatoms. The summed E-state index contributed by atoms with van der Waals surface area (Å²) in [5.74, 6) is 0. The minimum atomic E-state index is 0. The predicted octanol–water partition coefficient (Wildman–Crippen LogP) is -1.51. The molecule has 0 saturated carbocycles. The Morgan fingerprint density at radius 3 is 1.62 bits per heavy atom. The van der Waals surface area contributed by atoms with Gasteiger partial charge >= 0.3 is 21.1 Å². The first kappa shape index (κ1) is 11.4. The normalized spacial score (nSPS) is 8.25. The number of rotatable bonds is 4. The maximum absolute atomic E-state index is 5.17. The zero-order valence-corrected chi connectivity index (χ0v) is 7.07. The molecule has 5 N–H and O–H groups in total. The molecule has 8 heavy (non-hydrogen) atoms. The van der Waals surface area contributed by atoms with Gasteiger partial charge in [-0.05, 0) is 0 Å². The van der Waals surface area contributed by atoms with Gasteiger partial charge in [0.15, 0.2) is 0 Å². The van der Waals surface area contributed by atoms with Crippen LogP contribution in [0.1, 0.15) is 0 Å². The zero-order valence-electron chi connectivity index (χ0n) is 4.80. The summed E-state index contributed by atoms with van der Waals surface area (Å²) in [6.07, 6.45) is 0. The van der Waals surface area contributed by atoms with E-state index in [0.29, 0.717) is 13.1 Å². The van der Waals surface area contributed by atoms with Gasteiger partial charge in [0.1, 0.15) is 0 Å². The third-order valence-corrected chi connectivity index (χ3v) is 0.642. The van der Waals surface area contributed by atoms with Gasteiger partial charge < -0.3 is 16.8 Å². The Labute approximate surface area is 64.5 Å². The van der Waals surface area contributed by atoms with Crippen molar-refractivity contribution in [2.24, 2.45) is 11.5 Å². The summed E-state index contributed by atoms with van der Waals surface area (Å²) in [5, 5.41) is 3.03. The second-order valence-electron chi connectivity index (χ2n) is 1.33. The van der Waals surface area contributed by atoms with Crippen LogP contribution in [-0.2, 0) is 21.1 Å². The van der Waals surface area contributed by atoms with Gasteiger partial charge in [0, 0.05) is 26.2 Å². The number of nitrogens with one attached hydrogen (secondary N) is 1. The second-order valence-corrected chi connectivity index (χ2v) is 1.33. The van der Waals surface area contributed by atoms with Gasteiger partial charge in [-0.15, -0.1) is 0 Å². The molecule has 52 valence electrons. The van der Waals surface area contributed by atoms with E-state index in [0.717, 1.165) is 13.1 Å². The van der Waals surface area contributed by atoms with E-state index >= 15 is 0 Å². The fourth-order valence-corrected chi connectivity index (χ4v) is 0.329. The average Bonchev–Trinajstić information content (AvgIpc) is 1.69. The zero-order chi connectivity index (χ0) is 5.54. The first-order valence-corrected chi connectivity index (χ1v) is 2.52. The van der Waals surface area contributed by atoms with Crippen molar-refractivity contribution in [3.63, 3.8) is 0 Å². The third kappa shape index (κ3) is 9.76. The Morgan fingerprint density at radius 2 is 1.38 bits per heavy atom. The van der Waals surface area contributed by atoms with E-state index in [1.54, 1.807) is 0 Å². The van der Waals surface area contributed by atoms with E-state index in [-0.39, 0.29) is 21.1 Å². The molecule has 0 aliphatic rings. The topological polar surface area (TPSA) is 64.1 Å². The van der Waals surface area contributed by atoms with Crippen molar-refractivity contribution < 1.29 is 21.1 Å². The van der Waals surface area contributed by atoms with Gasteiger partial charge in [0.25, 0.3) is 0 Å². The molecule has 0 bridgehead atoms. The molecule has 0 fully saturated rings. The van der Waals surface area contributed by atoms with Crippen LogP contribution in [0.25, 0.3) is 0 Å². The molecule has 0 heterocycles. The van der Waals surface area contributed by atoms with Crippen molar-refractivity contribution in [1.29, 1.82) is 0 Å². The molecular formula is C4H13N3Pt+2. The minimum absolute atomic E-state index is 0. The summed E-state index contributed by atoms with van der Waals surface area (Å²) in [5.41, 5.74) is 10.3. The summed E-state index contributed by atoms with van der Waals surface area (Å²) < 4.78 is 0. The van der Waals surface area contributed by atoms with E-state index < -0.39 is 0 Å². The summed E-state index contributed by atoms with van der Waals surface area (Å²) in [4.78, 5) is 0. The minimum Gasteiger partial charge on any atom is -0.329 e. The van der Waals surface area contributed by atoms with Crippen molar-refractivity contribution in [3.8, 4) is 0 Å². The molecule has 0 unspecified atom stereocenters. The smallest absolute Gasteiger partial charge is 0.329 e. The molecule has 0 amide bonds. The van der Waals surface area contributed by atoms with Crippen LogP contribution in [0, 0.1) is 0 Å². The molecule has 0 aliphatic carbocycles. The van der Waals surface area contributed by atoms with Gasteiger partial charge in [-0.2, -0.15) is 0 Å². The van der Waals surface area contributed by atoms with Crippen molar-refractivity contribution in [1.82, 2.24) is 5.32 Å². The fourth-order valence-electron chi connectivity index (χ4n) is 0.329. The van der Waals surface area contributed by atoms with Crippen molar-refractivity contribution >= 4 is 0 Å². The molecule has 0 saturated heterocycles. The largest absolute Gasteiger partial charge is 2.00 e.